The van der Waals surface area contributed by atoms with Crippen LogP contribution in [0, 0.1) is 5.92 Å². The first-order chi connectivity index (χ1) is 10.1. The Bertz CT molecular complexity index is 719. The van der Waals surface area contributed by atoms with E-state index < -0.39 is 10.0 Å². The number of benzene rings is 1. The van der Waals surface area contributed by atoms with Crippen LogP contribution in [0.15, 0.2) is 23.1 Å². The quantitative estimate of drug-likeness (QED) is 0.938. The van der Waals surface area contributed by atoms with Crippen molar-refractivity contribution in [3.05, 3.63) is 18.2 Å². The molecule has 1 aliphatic rings. The van der Waals surface area contributed by atoms with Crippen LogP contribution < -0.4 is 4.72 Å². The van der Waals surface area contributed by atoms with Crippen LogP contribution in [0.3, 0.4) is 0 Å². The van der Waals surface area contributed by atoms with Crippen molar-refractivity contribution in [2.45, 2.75) is 50.0 Å². The lowest BCUT2D eigenvalue weighted by atomic mass is 9.85. The Kier molecular flexibility index (Phi) is 4.24. The highest BCUT2D eigenvalue weighted by Gasteiger charge is 2.26. The van der Waals surface area contributed by atoms with Gasteiger partial charge in [0.05, 0.1) is 11.7 Å². The number of sulfonamides is 1. The molecule has 0 bridgehead atoms. The van der Waals surface area contributed by atoms with Gasteiger partial charge in [0.25, 0.3) is 0 Å². The first kappa shape index (κ1) is 14.9. The molecule has 1 fully saturated rings. The average molecular weight is 325 g/mol. The summed E-state index contributed by atoms with van der Waals surface area (Å²) in [4.78, 5) is 0.242. The molecule has 1 saturated carbocycles. The lowest BCUT2D eigenvalue weighted by molar-refractivity contribution is 0.306. The molecular formula is C14H19N3O2S2. The third-order valence-corrected chi connectivity index (χ3v) is 6.38. The summed E-state index contributed by atoms with van der Waals surface area (Å²) in [5, 5.41) is 0. The molecule has 0 amide bonds. The van der Waals surface area contributed by atoms with Crippen LogP contribution in [0.1, 0.15) is 39.0 Å². The van der Waals surface area contributed by atoms with Crippen molar-refractivity contribution in [1.29, 1.82) is 0 Å². The number of aromatic nitrogens is 2. The first-order valence-electron chi connectivity index (χ1n) is 7.33. The van der Waals surface area contributed by atoms with Crippen LogP contribution >= 0.6 is 11.7 Å². The van der Waals surface area contributed by atoms with Gasteiger partial charge in [-0.3, -0.25) is 0 Å². The van der Waals surface area contributed by atoms with E-state index in [1.54, 1.807) is 18.2 Å². The Hall–Kier alpha value is -1.05. The molecule has 7 heteroatoms. The SMILES string of the molecule is CCC1CCC(NS(=O)(=O)c2cccc3nsnc23)CC1. The van der Waals surface area contributed by atoms with Gasteiger partial charge in [0.2, 0.25) is 10.0 Å². The van der Waals surface area contributed by atoms with E-state index in [0.717, 1.165) is 43.3 Å². The molecule has 3 rings (SSSR count). The number of rotatable bonds is 4. The Morgan fingerprint density at radius 3 is 2.71 bits per heavy atom. The Morgan fingerprint density at radius 2 is 2.00 bits per heavy atom. The molecule has 0 atom stereocenters. The van der Waals surface area contributed by atoms with Crippen LogP contribution in [0.2, 0.25) is 0 Å². The standard InChI is InChI=1S/C14H19N3O2S2/c1-2-10-6-8-11(9-7-10)17-21(18,19)13-5-3-4-12-14(13)16-20-15-12/h3-5,10-11,17H,2,6-9H2,1H3. The van der Waals surface area contributed by atoms with Gasteiger partial charge in [-0.2, -0.15) is 8.75 Å². The van der Waals surface area contributed by atoms with E-state index in [1.165, 1.54) is 6.42 Å². The lowest BCUT2D eigenvalue weighted by Crippen LogP contribution is -2.37. The molecule has 0 unspecified atom stereocenters. The van der Waals surface area contributed by atoms with E-state index >= 15 is 0 Å². The van der Waals surface area contributed by atoms with Crippen LogP contribution in [0.5, 0.6) is 0 Å². The van der Waals surface area contributed by atoms with Gasteiger partial charge in [-0.25, -0.2) is 13.1 Å². The minimum atomic E-state index is -3.53. The largest absolute Gasteiger partial charge is 0.243 e. The summed E-state index contributed by atoms with van der Waals surface area (Å²) in [5.74, 6) is 0.747. The van der Waals surface area contributed by atoms with Gasteiger partial charge < -0.3 is 0 Å². The van der Waals surface area contributed by atoms with Crippen molar-refractivity contribution in [1.82, 2.24) is 13.5 Å². The topological polar surface area (TPSA) is 72.0 Å². The highest BCUT2D eigenvalue weighted by molar-refractivity contribution is 7.89. The molecule has 1 heterocycles. The lowest BCUT2D eigenvalue weighted by Gasteiger charge is -2.28. The van der Waals surface area contributed by atoms with Gasteiger partial charge in [0.15, 0.2) is 0 Å². The van der Waals surface area contributed by atoms with Crippen LogP contribution in [-0.2, 0) is 10.0 Å². The summed E-state index contributed by atoms with van der Waals surface area (Å²) in [6.45, 7) is 2.20. The van der Waals surface area contributed by atoms with Gasteiger partial charge in [0.1, 0.15) is 15.9 Å². The Labute approximate surface area is 129 Å². The van der Waals surface area contributed by atoms with Gasteiger partial charge in [-0.15, -0.1) is 0 Å². The van der Waals surface area contributed by atoms with Crippen molar-refractivity contribution in [2.75, 3.05) is 0 Å². The highest BCUT2D eigenvalue weighted by Crippen LogP contribution is 2.28. The molecule has 0 spiro atoms. The molecule has 1 aromatic carbocycles. The molecule has 0 saturated heterocycles. The van der Waals surface area contributed by atoms with E-state index in [1.807, 2.05) is 0 Å². The fraction of sp³-hybridized carbons (Fsp3) is 0.571. The second-order valence-electron chi connectivity index (χ2n) is 5.64. The fourth-order valence-electron chi connectivity index (χ4n) is 2.97. The predicted molar refractivity (Wildman–Crippen MR) is 83.8 cm³/mol. The van der Waals surface area contributed by atoms with Crippen molar-refractivity contribution in [2.24, 2.45) is 5.92 Å². The molecule has 1 aliphatic carbocycles. The van der Waals surface area contributed by atoms with Crippen LogP contribution in [-0.4, -0.2) is 23.2 Å². The van der Waals surface area contributed by atoms with Crippen molar-refractivity contribution >= 4 is 32.8 Å². The van der Waals surface area contributed by atoms with Crippen LogP contribution in [0.25, 0.3) is 11.0 Å². The van der Waals surface area contributed by atoms with E-state index in [4.69, 9.17) is 0 Å². The van der Waals surface area contributed by atoms with Gasteiger partial charge in [-0.05, 0) is 43.7 Å². The third kappa shape index (κ3) is 3.09. The van der Waals surface area contributed by atoms with Crippen molar-refractivity contribution < 1.29 is 8.42 Å². The molecule has 0 aliphatic heterocycles. The highest BCUT2D eigenvalue weighted by atomic mass is 32.2. The van der Waals surface area contributed by atoms with Crippen molar-refractivity contribution in [3.8, 4) is 0 Å². The Balaban J connectivity index is 1.80. The number of fused-ring (bicyclic) bond motifs is 1. The van der Waals surface area contributed by atoms with Crippen LogP contribution in [0.4, 0.5) is 0 Å². The zero-order valence-electron chi connectivity index (χ0n) is 11.9. The molecule has 1 aromatic heterocycles. The van der Waals surface area contributed by atoms with E-state index in [0.29, 0.717) is 11.0 Å². The zero-order chi connectivity index (χ0) is 14.9. The summed E-state index contributed by atoms with van der Waals surface area (Å²) in [5.41, 5.74) is 1.11. The zero-order valence-corrected chi connectivity index (χ0v) is 13.6. The minimum Gasteiger partial charge on any atom is -0.208 e. The normalized spacial score (nSPS) is 23.5. The number of nitrogens with one attached hydrogen (secondary N) is 1. The molecule has 1 N–H and O–H groups in total. The molecule has 2 aromatic rings. The predicted octanol–water partition coefficient (Wildman–Crippen LogP) is 2.94. The molecule has 114 valence electrons. The average Bonchev–Trinajstić information content (AvgIpc) is 2.95. The Morgan fingerprint density at radius 1 is 1.24 bits per heavy atom. The van der Waals surface area contributed by atoms with E-state index in [2.05, 4.69) is 20.4 Å². The van der Waals surface area contributed by atoms with E-state index in [9.17, 15) is 8.42 Å². The maximum Gasteiger partial charge on any atom is 0.243 e. The number of nitrogens with zero attached hydrogens (tertiary/aromatic N) is 2. The van der Waals surface area contributed by atoms with Gasteiger partial charge >= 0.3 is 0 Å². The molecule has 21 heavy (non-hydrogen) atoms. The molecule has 0 radical (unpaired) electrons. The third-order valence-electron chi connectivity index (χ3n) is 4.28. The summed E-state index contributed by atoms with van der Waals surface area (Å²) < 4.78 is 36.2. The van der Waals surface area contributed by atoms with Gasteiger partial charge in [0, 0.05) is 6.04 Å². The summed E-state index contributed by atoms with van der Waals surface area (Å²) >= 11 is 1.04. The molecule has 5 nitrogen and oxygen atoms in total. The summed E-state index contributed by atoms with van der Waals surface area (Å²) in [6.07, 6.45) is 5.23. The first-order valence-corrected chi connectivity index (χ1v) is 9.55. The number of hydrogen-bond donors (Lipinski definition) is 1. The maximum atomic E-state index is 12.6. The van der Waals surface area contributed by atoms with E-state index in [-0.39, 0.29) is 10.9 Å². The maximum absolute atomic E-state index is 12.6. The second kappa shape index (κ2) is 5.98. The summed E-state index contributed by atoms with van der Waals surface area (Å²) in [7, 11) is -3.53. The monoisotopic (exact) mass is 325 g/mol. The van der Waals surface area contributed by atoms with Gasteiger partial charge in [-0.1, -0.05) is 19.4 Å². The fourth-order valence-corrected chi connectivity index (χ4v) is 5.04. The summed E-state index contributed by atoms with van der Waals surface area (Å²) in [6, 6.07) is 5.14. The minimum absolute atomic E-state index is 0.0413. The number of hydrogen-bond acceptors (Lipinski definition) is 5. The molecular weight excluding hydrogens is 306 g/mol. The second-order valence-corrected chi connectivity index (χ2v) is 7.85. The van der Waals surface area contributed by atoms with Crippen molar-refractivity contribution in [3.63, 3.8) is 0 Å². The smallest absolute Gasteiger partial charge is 0.208 e.